The molecule has 4 nitrogen and oxygen atoms in total. The molecule has 0 spiro atoms. The molecule has 1 N–H and O–H groups in total. The molecule has 3 fully saturated rings. The fraction of sp³-hybridized carbons (Fsp3) is 0.611. The van der Waals surface area contributed by atoms with Crippen molar-refractivity contribution in [2.24, 2.45) is 5.92 Å². The number of aliphatic hydroxyl groups excluding tert-OH is 1. The first kappa shape index (κ1) is 15.5. The molecule has 1 aromatic rings. The first-order chi connectivity index (χ1) is 10.6. The van der Waals surface area contributed by atoms with Crippen molar-refractivity contribution in [2.75, 3.05) is 6.61 Å². The number of aliphatic hydroxyl groups is 1. The van der Waals surface area contributed by atoms with Crippen LogP contribution in [-0.2, 0) is 9.53 Å². The number of benzene rings is 1. The first-order valence-corrected chi connectivity index (χ1v) is 8.30. The second-order valence-electron chi connectivity index (χ2n) is 6.43. The van der Waals surface area contributed by atoms with E-state index >= 15 is 0 Å². The van der Waals surface area contributed by atoms with E-state index in [0.717, 1.165) is 19.3 Å². The molecule has 2 saturated heterocycles. The van der Waals surface area contributed by atoms with E-state index in [0.29, 0.717) is 6.61 Å². The van der Waals surface area contributed by atoms with Crippen molar-refractivity contribution in [3.8, 4) is 0 Å². The second-order valence-corrected chi connectivity index (χ2v) is 6.43. The molecule has 4 heteroatoms. The molecule has 1 aromatic carbocycles. The number of ether oxygens (including phenoxy) is 1. The van der Waals surface area contributed by atoms with Crippen molar-refractivity contribution in [2.45, 2.75) is 57.3 Å². The number of hydrogen-bond acceptors (Lipinski definition) is 4. The predicted octanol–water partition coefficient (Wildman–Crippen LogP) is 2.52. The fourth-order valence-corrected chi connectivity index (χ4v) is 4.22. The van der Waals surface area contributed by atoms with Gasteiger partial charge in [-0.3, -0.25) is 9.69 Å². The second kappa shape index (κ2) is 6.39. The molecule has 1 saturated carbocycles. The Hall–Kier alpha value is -1.39. The van der Waals surface area contributed by atoms with Crippen molar-refractivity contribution in [1.29, 1.82) is 0 Å². The van der Waals surface area contributed by atoms with Crippen LogP contribution < -0.4 is 0 Å². The molecular weight excluding hydrogens is 278 g/mol. The van der Waals surface area contributed by atoms with Gasteiger partial charge in [0.25, 0.3) is 0 Å². The van der Waals surface area contributed by atoms with E-state index < -0.39 is 0 Å². The molecule has 2 aliphatic heterocycles. The molecule has 0 radical (unpaired) electrons. The predicted molar refractivity (Wildman–Crippen MR) is 84.3 cm³/mol. The molecular formula is C18H25NO3. The SMILES string of the molecule is CCOC(=O)[C@H]1[C@@H]2CC[C@H](C[C@@H]2O)N1[C@@H](C)c1ccccc1. The molecule has 5 atom stereocenters. The summed E-state index contributed by atoms with van der Waals surface area (Å²) in [6.07, 6.45) is 2.34. The van der Waals surface area contributed by atoms with Crippen LogP contribution in [0.15, 0.2) is 30.3 Å². The summed E-state index contributed by atoms with van der Waals surface area (Å²) < 4.78 is 5.31. The average Bonchev–Trinajstić information content (AvgIpc) is 2.55. The highest BCUT2D eigenvalue weighted by molar-refractivity contribution is 5.77. The van der Waals surface area contributed by atoms with Gasteiger partial charge in [-0.05, 0) is 38.7 Å². The first-order valence-electron chi connectivity index (χ1n) is 8.30. The minimum absolute atomic E-state index is 0.00443. The van der Waals surface area contributed by atoms with Gasteiger partial charge in [-0.25, -0.2) is 0 Å². The van der Waals surface area contributed by atoms with Crippen LogP contribution >= 0.6 is 0 Å². The standard InChI is InChI=1S/C18H25NO3/c1-3-22-18(21)17-15-10-9-14(11-16(15)20)19(17)12(2)13-7-5-4-6-8-13/h4-8,12,14-17,20H,3,9-11H2,1-2H3/t12-,14+,15+,16-,17+/m0/s1. The van der Waals surface area contributed by atoms with Gasteiger partial charge < -0.3 is 9.84 Å². The Morgan fingerprint density at radius 1 is 1.36 bits per heavy atom. The van der Waals surface area contributed by atoms with E-state index in [1.54, 1.807) is 0 Å². The summed E-state index contributed by atoms with van der Waals surface area (Å²) >= 11 is 0. The van der Waals surface area contributed by atoms with Crippen molar-refractivity contribution in [3.05, 3.63) is 35.9 Å². The molecule has 3 aliphatic rings. The highest BCUT2D eigenvalue weighted by Gasteiger charge is 2.51. The van der Waals surface area contributed by atoms with Crippen molar-refractivity contribution < 1.29 is 14.6 Å². The minimum Gasteiger partial charge on any atom is -0.465 e. The van der Waals surface area contributed by atoms with Crippen LogP contribution in [0.1, 0.15) is 44.7 Å². The van der Waals surface area contributed by atoms with Crippen LogP contribution in [0.25, 0.3) is 0 Å². The summed E-state index contributed by atoms with van der Waals surface area (Å²) in [5.41, 5.74) is 1.21. The number of nitrogens with zero attached hydrogens (tertiary/aromatic N) is 1. The topological polar surface area (TPSA) is 49.8 Å². The number of fused-ring (bicyclic) bond motifs is 3. The number of carbonyl (C=O) groups is 1. The van der Waals surface area contributed by atoms with Gasteiger partial charge in [-0.15, -0.1) is 0 Å². The highest BCUT2D eigenvalue weighted by Crippen LogP contribution is 2.44. The van der Waals surface area contributed by atoms with E-state index in [1.807, 2.05) is 25.1 Å². The Morgan fingerprint density at radius 2 is 2.09 bits per heavy atom. The van der Waals surface area contributed by atoms with E-state index in [2.05, 4.69) is 24.0 Å². The summed E-state index contributed by atoms with van der Waals surface area (Å²) in [6.45, 7) is 4.37. The summed E-state index contributed by atoms with van der Waals surface area (Å²) in [7, 11) is 0. The van der Waals surface area contributed by atoms with Crippen molar-refractivity contribution in [1.82, 2.24) is 4.90 Å². The lowest BCUT2D eigenvalue weighted by Gasteiger charge is -2.54. The van der Waals surface area contributed by atoms with Crippen LogP contribution in [0.4, 0.5) is 0 Å². The summed E-state index contributed by atoms with van der Waals surface area (Å²) in [5, 5.41) is 10.3. The lowest BCUT2D eigenvalue weighted by molar-refractivity contribution is -0.171. The smallest absolute Gasteiger partial charge is 0.323 e. The fourth-order valence-electron chi connectivity index (χ4n) is 4.22. The number of hydrogen-bond donors (Lipinski definition) is 1. The normalized spacial score (nSPS) is 32.7. The lowest BCUT2D eigenvalue weighted by atomic mass is 9.71. The molecule has 22 heavy (non-hydrogen) atoms. The Morgan fingerprint density at radius 3 is 2.73 bits per heavy atom. The van der Waals surface area contributed by atoms with Gasteiger partial charge in [0.05, 0.1) is 12.7 Å². The Labute approximate surface area is 132 Å². The third-order valence-electron chi connectivity index (χ3n) is 5.25. The van der Waals surface area contributed by atoms with Gasteiger partial charge in [0.2, 0.25) is 0 Å². The zero-order valence-electron chi connectivity index (χ0n) is 13.3. The number of esters is 1. The maximum Gasteiger partial charge on any atom is 0.323 e. The Balaban J connectivity index is 1.91. The van der Waals surface area contributed by atoms with Gasteiger partial charge in [0.15, 0.2) is 0 Å². The molecule has 0 unspecified atom stereocenters. The van der Waals surface area contributed by atoms with Crippen LogP contribution in [-0.4, -0.2) is 40.8 Å². The third kappa shape index (κ3) is 2.66. The Kier molecular flexibility index (Phi) is 4.50. The maximum absolute atomic E-state index is 12.5. The van der Waals surface area contributed by atoms with Gasteiger partial charge in [0.1, 0.15) is 6.04 Å². The van der Waals surface area contributed by atoms with E-state index in [1.165, 1.54) is 5.56 Å². The largest absolute Gasteiger partial charge is 0.465 e. The maximum atomic E-state index is 12.5. The highest BCUT2D eigenvalue weighted by atomic mass is 16.5. The van der Waals surface area contributed by atoms with Crippen molar-refractivity contribution >= 4 is 5.97 Å². The quantitative estimate of drug-likeness (QED) is 0.868. The van der Waals surface area contributed by atoms with Crippen LogP contribution in [0.5, 0.6) is 0 Å². The Bertz CT molecular complexity index is 518. The molecule has 1 aliphatic carbocycles. The average molecular weight is 303 g/mol. The van der Waals surface area contributed by atoms with E-state index in [-0.39, 0.29) is 36.1 Å². The van der Waals surface area contributed by atoms with Gasteiger partial charge >= 0.3 is 5.97 Å². The van der Waals surface area contributed by atoms with Crippen LogP contribution in [0.3, 0.4) is 0 Å². The lowest BCUT2D eigenvalue weighted by Crippen LogP contribution is -2.63. The molecule has 120 valence electrons. The summed E-state index contributed by atoms with van der Waals surface area (Å²) in [6, 6.07) is 10.4. The minimum atomic E-state index is -0.382. The molecule has 0 amide bonds. The van der Waals surface area contributed by atoms with Gasteiger partial charge in [-0.1, -0.05) is 30.3 Å². The zero-order chi connectivity index (χ0) is 15.7. The van der Waals surface area contributed by atoms with Crippen LogP contribution in [0.2, 0.25) is 0 Å². The van der Waals surface area contributed by atoms with Gasteiger partial charge in [-0.2, -0.15) is 0 Å². The number of piperidine rings is 2. The van der Waals surface area contributed by atoms with E-state index in [9.17, 15) is 9.90 Å². The summed E-state index contributed by atoms with van der Waals surface area (Å²) in [4.78, 5) is 14.8. The van der Waals surface area contributed by atoms with E-state index in [4.69, 9.17) is 4.74 Å². The number of carbonyl (C=O) groups excluding carboxylic acids is 1. The van der Waals surface area contributed by atoms with Gasteiger partial charge in [0, 0.05) is 18.0 Å². The monoisotopic (exact) mass is 303 g/mol. The molecule has 4 rings (SSSR count). The molecule has 2 bridgehead atoms. The molecule has 2 heterocycles. The number of rotatable bonds is 4. The zero-order valence-corrected chi connectivity index (χ0v) is 13.3. The summed E-state index contributed by atoms with van der Waals surface area (Å²) in [5.74, 6) is -0.186. The third-order valence-corrected chi connectivity index (χ3v) is 5.25. The molecule has 0 aromatic heterocycles. The van der Waals surface area contributed by atoms with Crippen molar-refractivity contribution in [3.63, 3.8) is 0 Å². The van der Waals surface area contributed by atoms with Crippen LogP contribution in [0, 0.1) is 5.92 Å².